The zero-order valence-electron chi connectivity index (χ0n) is 8.80. The van der Waals surface area contributed by atoms with Crippen molar-refractivity contribution in [2.75, 3.05) is 11.9 Å². The summed E-state index contributed by atoms with van der Waals surface area (Å²) in [6.45, 7) is 7.41. The average Bonchev–Trinajstić information content (AvgIpc) is 2.22. The Hall–Kier alpha value is -0.980. The molecule has 72 valence electrons. The van der Waals surface area contributed by atoms with Gasteiger partial charge in [0.15, 0.2) is 0 Å². The van der Waals surface area contributed by atoms with E-state index in [1.165, 1.54) is 17.7 Å². The molecule has 0 amide bonds. The zero-order chi connectivity index (χ0) is 9.68. The van der Waals surface area contributed by atoms with Gasteiger partial charge in [-0.1, -0.05) is 39.0 Å². The lowest BCUT2D eigenvalue weighted by molar-refractivity contribution is 0.684. The van der Waals surface area contributed by atoms with Gasteiger partial charge in [-0.3, -0.25) is 0 Å². The summed E-state index contributed by atoms with van der Waals surface area (Å²) in [4.78, 5) is 0. The van der Waals surface area contributed by atoms with Gasteiger partial charge in [0, 0.05) is 12.2 Å². The fourth-order valence-corrected chi connectivity index (χ4v) is 1.67. The Morgan fingerprint density at radius 3 is 2.62 bits per heavy atom. The summed E-state index contributed by atoms with van der Waals surface area (Å²) < 4.78 is 0. The van der Waals surface area contributed by atoms with Crippen LogP contribution < -0.4 is 5.32 Å². The first kappa shape index (κ1) is 10.1. The fourth-order valence-electron chi connectivity index (χ4n) is 1.67. The summed E-state index contributed by atoms with van der Waals surface area (Å²) in [5, 5.41) is 3.39. The van der Waals surface area contributed by atoms with E-state index in [0.29, 0.717) is 0 Å². The van der Waals surface area contributed by atoms with E-state index in [9.17, 15) is 0 Å². The van der Waals surface area contributed by atoms with Crippen molar-refractivity contribution < 1.29 is 0 Å². The maximum atomic E-state index is 3.39. The van der Waals surface area contributed by atoms with Crippen LogP contribution >= 0.6 is 0 Å². The standard InChI is InChI=1S/C10H13N.C2H6/c1-8-6-7-11-10-5-3-2-4-9(8)10;1-2/h2-5,8,11H,6-7H2,1H3;1-2H3. The molecule has 1 N–H and O–H groups in total. The van der Waals surface area contributed by atoms with Crippen molar-refractivity contribution in [1.29, 1.82) is 0 Å². The molecule has 0 saturated heterocycles. The van der Waals surface area contributed by atoms with Crippen LogP contribution in [0.15, 0.2) is 24.3 Å². The lowest BCUT2D eigenvalue weighted by Crippen LogP contribution is -2.14. The van der Waals surface area contributed by atoms with E-state index in [4.69, 9.17) is 0 Å². The topological polar surface area (TPSA) is 12.0 Å². The van der Waals surface area contributed by atoms with Crippen LogP contribution in [0.2, 0.25) is 0 Å². The second-order valence-corrected chi connectivity index (χ2v) is 3.20. The van der Waals surface area contributed by atoms with Gasteiger partial charge < -0.3 is 5.32 Å². The van der Waals surface area contributed by atoms with Crippen LogP contribution in [0, 0.1) is 0 Å². The minimum absolute atomic E-state index is 0.729. The van der Waals surface area contributed by atoms with Crippen molar-refractivity contribution in [3.05, 3.63) is 29.8 Å². The fraction of sp³-hybridized carbons (Fsp3) is 0.500. The third kappa shape index (κ3) is 2.24. The van der Waals surface area contributed by atoms with Crippen molar-refractivity contribution >= 4 is 5.69 Å². The van der Waals surface area contributed by atoms with Crippen LogP contribution in [-0.4, -0.2) is 6.54 Å². The molecule has 2 rings (SSSR count). The van der Waals surface area contributed by atoms with Gasteiger partial charge in [-0.15, -0.1) is 0 Å². The van der Waals surface area contributed by atoms with Gasteiger partial charge in [0.05, 0.1) is 0 Å². The SMILES string of the molecule is CC.CC1CCNc2ccccc21. The van der Waals surface area contributed by atoms with Gasteiger partial charge in [0.2, 0.25) is 0 Å². The van der Waals surface area contributed by atoms with Crippen LogP contribution in [0.4, 0.5) is 5.69 Å². The third-order valence-electron chi connectivity index (χ3n) is 2.38. The lowest BCUT2D eigenvalue weighted by atomic mass is 9.93. The number of nitrogens with one attached hydrogen (secondary N) is 1. The molecule has 1 atom stereocenters. The largest absolute Gasteiger partial charge is 0.385 e. The number of fused-ring (bicyclic) bond motifs is 1. The molecule has 0 aliphatic carbocycles. The Morgan fingerprint density at radius 2 is 1.92 bits per heavy atom. The minimum atomic E-state index is 0.729. The second kappa shape index (κ2) is 4.90. The monoisotopic (exact) mass is 177 g/mol. The summed E-state index contributed by atoms with van der Waals surface area (Å²) in [7, 11) is 0. The molecule has 13 heavy (non-hydrogen) atoms. The molecule has 0 bridgehead atoms. The smallest absolute Gasteiger partial charge is 0.0375 e. The Balaban J connectivity index is 0.000000396. The van der Waals surface area contributed by atoms with Crippen molar-refractivity contribution in [3.8, 4) is 0 Å². The lowest BCUT2D eigenvalue weighted by Gasteiger charge is -2.23. The highest BCUT2D eigenvalue weighted by atomic mass is 14.9. The maximum absolute atomic E-state index is 3.39. The van der Waals surface area contributed by atoms with E-state index in [-0.39, 0.29) is 0 Å². The molecular formula is C12H19N. The molecule has 0 radical (unpaired) electrons. The molecule has 0 spiro atoms. The van der Waals surface area contributed by atoms with E-state index in [0.717, 1.165) is 12.5 Å². The first-order chi connectivity index (χ1) is 6.38. The van der Waals surface area contributed by atoms with Crippen LogP contribution in [0.5, 0.6) is 0 Å². The van der Waals surface area contributed by atoms with Gasteiger partial charge >= 0.3 is 0 Å². The van der Waals surface area contributed by atoms with Crippen molar-refractivity contribution in [1.82, 2.24) is 0 Å². The summed E-state index contributed by atoms with van der Waals surface area (Å²) >= 11 is 0. The number of rotatable bonds is 0. The molecule has 1 aliphatic heterocycles. The van der Waals surface area contributed by atoms with E-state index in [2.05, 4.69) is 36.5 Å². The highest BCUT2D eigenvalue weighted by molar-refractivity contribution is 5.54. The van der Waals surface area contributed by atoms with Gasteiger partial charge in [-0.05, 0) is 24.0 Å². The number of anilines is 1. The summed E-state index contributed by atoms with van der Waals surface area (Å²) in [5.74, 6) is 0.729. The van der Waals surface area contributed by atoms with Crippen LogP contribution in [-0.2, 0) is 0 Å². The van der Waals surface area contributed by atoms with Crippen LogP contribution in [0.1, 0.15) is 38.7 Å². The molecule has 0 saturated carbocycles. The Kier molecular flexibility index (Phi) is 3.81. The molecule has 1 nitrogen and oxygen atoms in total. The average molecular weight is 177 g/mol. The van der Waals surface area contributed by atoms with Crippen molar-refractivity contribution in [3.63, 3.8) is 0 Å². The first-order valence-corrected chi connectivity index (χ1v) is 5.21. The quantitative estimate of drug-likeness (QED) is 0.638. The molecule has 1 aromatic carbocycles. The Morgan fingerprint density at radius 1 is 1.23 bits per heavy atom. The highest BCUT2D eigenvalue weighted by Crippen LogP contribution is 2.30. The van der Waals surface area contributed by atoms with Gasteiger partial charge in [0.25, 0.3) is 0 Å². The Labute approximate surface area is 81.2 Å². The van der Waals surface area contributed by atoms with Gasteiger partial charge in [-0.2, -0.15) is 0 Å². The normalized spacial score (nSPS) is 19.2. The molecular weight excluding hydrogens is 158 g/mol. The molecule has 1 unspecified atom stereocenters. The maximum Gasteiger partial charge on any atom is 0.0375 e. The number of para-hydroxylation sites is 1. The third-order valence-corrected chi connectivity index (χ3v) is 2.38. The molecule has 0 aromatic heterocycles. The Bertz CT molecular complexity index is 255. The highest BCUT2D eigenvalue weighted by Gasteiger charge is 2.13. The number of benzene rings is 1. The van der Waals surface area contributed by atoms with E-state index >= 15 is 0 Å². The van der Waals surface area contributed by atoms with Gasteiger partial charge in [0.1, 0.15) is 0 Å². The molecule has 0 fully saturated rings. The van der Waals surface area contributed by atoms with E-state index in [1.54, 1.807) is 0 Å². The van der Waals surface area contributed by atoms with Crippen LogP contribution in [0.25, 0.3) is 0 Å². The molecule has 1 aromatic rings. The van der Waals surface area contributed by atoms with Gasteiger partial charge in [-0.25, -0.2) is 0 Å². The van der Waals surface area contributed by atoms with E-state index in [1.807, 2.05) is 13.8 Å². The second-order valence-electron chi connectivity index (χ2n) is 3.20. The summed E-state index contributed by atoms with van der Waals surface area (Å²) in [5.41, 5.74) is 2.80. The van der Waals surface area contributed by atoms with Crippen molar-refractivity contribution in [2.24, 2.45) is 0 Å². The van der Waals surface area contributed by atoms with Crippen LogP contribution in [0.3, 0.4) is 0 Å². The molecule has 1 heterocycles. The predicted octanol–water partition coefficient (Wildman–Crippen LogP) is 3.63. The van der Waals surface area contributed by atoms with E-state index < -0.39 is 0 Å². The van der Waals surface area contributed by atoms with Crippen molar-refractivity contribution in [2.45, 2.75) is 33.1 Å². The zero-order valence-corrected chi connectivity index (χ0v) is 8.80. The minimum Gasteiger partial charge on any atom is -0.385 e. The number of hydrogen-bond donors (Lipinski definition) is 1. The number of hydrogen-bond acceptors (Lipinski definition) is 1. The molecule has 1 heteroatoms. The molecule has 1 aliphatic rings. The summed E-state index contributed by atoms with van der Waals surface area (Å²) in [6.07, 6.45) is 1.26. The summed E-state index contributed by atoms with van der Waals surface area (Å²) in [6, 6.07) is 8.57. The predicted molar refractivity (Wildman–Crippen MR) is 59.3 cm³/mol. The first-order valence-electron chi connectivity index (χ1n) is 5.21.